The summed E-state index contributed by atoms with van der Waals surface area (Å²) in [6, 6.07) is 9.88. The van der Waals surface area contributed by atoms with E-state index in [0.29, 0.717) is 37.8 Å². The average Bonchev–Trinajstić information content (AvgIpc) is 3.20. The zero-order valence-corrected chi connectivity index (χ0v) is 13.8. The van der Waals surface area contributed by atoms with Crippen LogP contribution in [0.4, 0.5) is 5.82 Å². The molecule has 0 aliphatic carbocycles. The molecule has 25 heavy (non-hydrogen) atoms. The fourth-order valence-electron chi connectivity index (χ4n) is 2.44. The molecule has 0 aliphatic rings. The van der Waals surface area contributed by atoms with E-state index in [1.165, 1.54) is 6.20 Å². The second-order valence-corrected chi connectivity index (χ2v) is 5.52. The number of rotatable bonds is 8. The van der Waals surface area contributed by atoms with E-state index in [2.05, 4.69) is 15.3 Å². The van der Waals surface area contributed by atoms with Crippen LogP contribution in [-0.2, 0) is 31.0 Å². The molecular formula is C16H18N6O3. The van der Waals surface area contributed by atoms with Crippen molar-refractivity contribution < 1.29 is 9.66 Å². The van der Waals surface area contributed by atoms with Crippen molar-refractivity contribution >= 4 is 5.82 Å². The van der Waals surface area contributed by atoms with E-state index in [1.807, 2.05) is 30.3 Å². The van der Waals surface area contributed by atoms with Crippen LogP contribution in [0.15, 0.2) is 42.7 Å². The first-order valence-corrected chi connectivity index (χ1v) is 7.80. The molecule has 9 nitrogen and oxygen atoms in total. The van der Waals surface area contributed by atoms with Gasteiger partial charge in [-0.2, -0.15) is 0 Å². The van der Waals surface area contributed by atoms with Crippen molar-refractivity contribution in [2.45, 2.75) is 33.2 Å². The first kappa shape index (κ1) is 16.8. The standard InChI is InChI=1S/C16H18N6O3/c1-13-17-9-16(22(23)24)21(13)8-7-20-10-15(18-19-20)12-25-11-14-5-3-2-4-6-14/h2-6,9-10H,7-8,11-12H2,1H3. The highest BCUT2D eigenvalue weighted by Crippen LogP contribution is 2.13. The van der Waals surface area contributed by atoms with Crippen LogP contribution < -0.4 is 0 Å². The predicted octanol–water partition coefficient (Wildman–Crippen LogP) is 2.11. The van der Waals surface area contributed by atoms with Gasteiger partial charge in [0.05, 0.1) is 26.0 Å². The molecule has 0 fully saturated rings. The molecule has 2 heterocycles. The number of aryl methyl sites for hydroxylation is 2. The van der Waals surface area contributed by atoms with E-state index in [9.17, 15) is 10.1 Å². The van der Waals surface area contributed by atoms with Gasteiger partial charge >= 0.3 is 5.82 Å². The van der Waals surface area contributed by atoms with E-state index in [-0.39, 0.29) is 5.82 Å². The van der Waals surface area contributed by atoms with E-state index in [0.717, 1.165) is 5.56 Å². The maximum atomic E-state index is 11.0. The third kappa shape index (κ3) is 4.27. The number of nitrogens with zero attached hydrogens (tertiary/aromatic N) is 6. The van der Waals surface area contributed by atoms with Crippen molar-refractivity contribution in [3.63, 3.8) is 0 Å². The van der Waals surface area contributed by atoms with Gasteiger partial charge in [0, 0.05) is 6.92 Å². The highest BCUT2D eigenvalue weighted by Gasteiger charge is 2.17. The summed E-state index contributed by atoms with van der Waals surface area (Å²) in [4.78, 5) is 14.5. The van der Waals surface area contributed by atoms with Crippen molar-refractivity contribution in [2.24, 2.45) is 0 Å². The van der Waals surface area contributed by atoms with Gasteiger partial charge in [-0.1, -0.05) is 35.5 Å². The molecule has 0 aliphatic heterocycles. The highest BCUT2D eigenvalue weighted by atomic mass is 16.6. The van der Waals surface area contributed by atoms with Crippen molar-refractivity contribution in [3.8, 4) is 0 Å². The lowest BCUT2D eigenvalue weighted by Gasteiger charge is -2.03. The van der Waals surface area contributed by atoms with Crippen LogP contribution in [0.2, 0.25) is 0 Å². The molecule has 0 saturated carbocycles. The van der Waals surface area contributed by atoms with E-state index in [4.69, 9.17) is 4.74 Å². The molecular weight excluding hydrogens is 324 g/mol. The summed E-state index contributed by atoms with van der Waals surface area (Å²) in [5.74, 6) is 0.572. The Morgan fingerprint density at radius 2 is 2.00 bits per heavy atom. The lowest BCUT2D eigenvalue weighted by atomic mass is 10.2. The summed E-state index contributed by atoms with van der Waals surface area (Å²) in [5.41, 5.74) is 1.81. The molecule has 0 radical (unpaired) electrons. The quantitative estimate of drug-likeness (QED) is 0.459. The number of hydrogen-bond acceptors (Lipinski definition) is 6. The van der Waals surface area contributed by atoms with E-state index >= 15 is 0 Å². The molecule has 9 heteroatoms. The molecule has 3 aromatic rings. The Morgan fingerprint density at radius 1 is 1.20 bits per heavy atom. The number of benzene rings is 1. The molecule has 0 spiro atoms. The van der Waals surface area contributed by atoms with Gasteiger partial charge in [0.15, 0.2) is 5.82 Å². The molecule has 2 aromatic heterocycles. The van der Waals surface area contributed by atoms with Gasteiger partial charge in [-0.25, -0.2) is 14.2 Å². The van der Waals surface area contributed by atoms with Gasteiger partial charge in [-0.3, -0.25) is 0 Å². The minimum atomic E-state index is -0.440. The largest absolute Gasteiger partial charge is 0.370 e. The van der Waals surface area contributed by atoms with Crippen LogP contribution >= 0.6 is 0 Å². The lowest BCUT2D eigenvalue weighted by Crippen LogP contribution is -2.11. The van der Waals surface area contributed by atoms with Gasteiger partial charge in [-0.15, -0.1) is 5.10 Å². The summed E-state index contributed by atoms with van der Waals surface area (Å²) >= 11 is 0. The molecule has 0 atom stereocenters. The van der Waals surface area contributed by atoms with Crippen LogP contribution in [0, 0.1) is 17.0 Å². The predicted molar refractivity (Wildman–Crippen MR) is 88.6 cm³/mol. The smallest absolute Gasteiger partial charge is 0.342 e. The summed E-state index contributed by atoms with van der Waals surface area (Å²) in [5, 5.41) is 19.1. The Hall–Kier alpha value is -3.07. The summed E-state index contributed by atoms with van der Waals surface area (Å²) in [6.07, 6.45) is 3.04. The van der Waals surface area contributed by atoms with Crippen LogP contribution in [0.25, 0.3) is 0 Å². The molecule has 0 saturated heterocycles. The summed E-state index contributed by atoms with van der Waals surface area (Å²) in [7, 11) is 0. The lowest BCUT2D eigenvalue weighted by molar-refractivity contribution is -0.392. The van der Waals surface area contributed by atoms with Gasteiger partial charge < -0.3 is 14.9 Å². The monoisotopic (exact) mass is 342 g/mol. The van der Waals surface area contributed by atoms with Crippen LogP contribution in [0.3, 0.4) is 0 Å². The van der Waals surface area contributed by atoms with Crippen molar-refractivity contribution in [1.29, 1.82) is 0 Å². The average molecular weight is 342 g/mol. The zero-order chi connectivity index (χ0) is 17.6. The fourth-order valence-corrected chi connectivity index (χ4v) is 2.44. The first-order chi connectivity index (χ1) is 12.1. The molecule has 0 bridgehead atoms. The highest BCUT2D eigenvalue weighted by molar-refractivity contribution is 5.18. The number of ether oxygens (including phenoxy) is 1. The van der Waals surface area contributed by atoms with Gasteiger partial charge in [0.2, 0.25) is 0 Å². The normalized spacial score (nSPS) is 10.9. The number of hydrogen-bond donors (Lipinski definition) is 0. The minimum absolute atomic E-state index is 0.0240. The van der Waals surface area contributed by atoms with E-state index in [1.54, 1.807) is 22.4 Å². The zero-order valence-electron chi connectivity index (χ0n) is 13.8. The second kappa shape index (κ2) is 7.67. The Balaban J connectivity index is 1.52. The SMILES string of the molecule is Cc1ncc([N+](=O)[O-])n1CCn1cc(COCc2ccccc2)nn1. The van der Waals surface area contributed by atoms with Crippen molar-refractivity contribution in [2.75, 3.05) is 0 Å². The minimum Gasteiger partial charge on any atom is -0.370 e. The maximum absolute atomic E-state index is 11.0. The Morgan fingerprint density at radius 3 is 2.76 bits per heavy atom. The Kier molecular flexibility index (Phi) is 5.14. The van der Waals surface area contributed by atoms with Gasteiger partial charge in [0.25, 0.3) is 0 Å². The Bertz CT molecular complexity index is 843. The van der Waals surface area contributed by atoms with Crippen LogP contribution in [-0.4, -0.2) is 29.5 Å². The molecule has 0 N–H and O–H groups in total. The maximum Gasteiger partial charge on any atom is 0.342 e. The number of aromatic nitrogens is 5. The third-order valence-corrected chi connectivity index (χ3v) is 3.72. The van der Waals surface area contributed by atoms with Crippen molar-refractivity contribution in [1.82, 2.24) is 24.5 Å². The molecule has 1 aromatic carbocycles. The molecule has 3 rings (SSSR count). The first-order valence-electron chi connectivity index (χ1n) is 7.80. The van der Waals surface area contributed by atoms with Crippen LogP contribution in [0.5, 0.6) is 0 Å². The summed E-state index contributed by atoms with van der Waals surface area (Å²) < 4.78 is 8.81. The van der Waals surface area contributed by atoms with Crippen molar-refractivity contribution in [3.05, 3.63) is 69.9 Å². The Labute approximate surface area is 144 Å². The number of imidazole rings is 1. The fraction of sp³-hybridized carbons (Fsp3) is 0.312. The van der Waals surface area contributed by atoms with Gasteiger partial charge in [-0.05, 0) is 10.5 Å². The van der Waals surface area contributed by atoms with Gasteiger partial charge in [0.1, 0.15) is 18.4 Å². The second-order valence-electron chi connectivity index (χ2n) is 5.52. The molecule has 0 amide bonds. The van der Waals surface area contributed by atoms with Crippen LogP contribution in [0.1, 0.15) is 17.1 Å². The van der Waals surface area contributed by atoms with E-state index < -0.39 is 4.92 Å². The molecule has 130 valence electrons. The topological polar surface area (TPSA) is 101 Å². The summed E-state index contributed by atoms with van der Waals surface area (Å²) in [6.45, 7) is 3.46. The third-order valence-electron chi connectivity index (χ3n) is 3.72. The molecule has 0 unspecified atom stereocenters. The number of nitro groups is 1.